The van der Waals surface area contributed by atoms with Gasteiger partial charge in [-0.25, -0.2) is 0 Å². The molecule has 1 aromatic rings. The predicted molar refractivity (Wildman–Crippen MR) is 133 cm³/mol. The van der Waals surface area contributed by atoms with Gasteiger partial charge >= 0.3 is 0 Å². The molecule has 1 N–H and O–H groups in total. The summed E-state index contributed by atoms with van der Waals surface area (Å²) < 4.78 is 5.03. The highest BCUT2D eigenvalue weighted by Gasteiger charge is 2.15. The van der Waals surface area contributed by atoms with E-state index in [-0.39, 0.29) is 0 Å². The standard InChI is InChI=1S/C12H22O.C11H15N.2C2H6/c1-10(2)9-12(11(3)4)7-6-8-13-5;1-9-2-4-10(5-3-9)11-6-7-12-8-11;2*1-2/h9H,6-8H2,1-5H3;2-5,11-12H,6-8H2,1H3;2*1-2H3. The minimum atomic E-state index is 0.755. The van der Waals surface area contributed by atoms with Gasteiger partial charge < -0.3 is 10.1 Å². The molecule has 1 atom stereocenters. The molecule has 0 saturated carbocycles. The maximum Gasteiger partial charge on any atom is 0.0465 e. The van der Waals surface area contributed by atoms with Crippen molar-refractivity contribution in [3.63, 3.8) is 0 Å². The van der Waals surface area contributed by atoms with Crippen LogP contribution in [0.4, 0.5) is 0 Å². The summed E-state index contributed by atoms with van der Waals surface area (Å²) in [6, 6.07) is 8.92. The van der Waals surface area contributed by atoms with Crippen LogP contribution < -0.4 is 5.32 Å². The van der Waals surface area contributed by atoms with Crippen molar-refractivity contribution in [2.45, 2.75) is 87.5 Å². The normalized spacial score (nSPS) is 14.2. The lowest BCUT2D eigenvalue weighted by atomic mass is 9.98. The summed E-state index contributed by atoms with van der Waals surface area (Å²) in [6.07, 6.45) is 5.80. The molecular formula is C27H49NO. The Kier molecular flexibility index (Phi) is 20.5. The molecule has 0 bridgehead atoms. The second-order valence-corrected chi connectivity index (χ2v) is 7.44. The van der Waals surface area contributed by atoms with E-state index in [2.05, 4.69) is 70.3 Å². The smallest absolute Gasteiger partial charge is 0.0465 e. The van der Waals surface area contributed by atoms with Crippen LogP contribution in [-0.4, -0.2) is 26.8 Å². The highest BCUT2D eigenvalue weighted by molar-refractivity contribution is 5.26. The Morgan fingerprint density at radius 1 is 1.03 bits per heavy atom. The zero-order valence-electron chi connectivity index (χ0n) is 21.1. The van der Waals surface area contributed by atoms with Gasteiger partial charge in [-0.3, -0.25) is 0 Å². The Balaban J connectivity index is 0. The Labute approximate surface area is 182 Å². The van der Waals surface area contributed by atoms with Crippen molar-refractivity contribution in [2.75, 3.05) is 26.8 Å². The molecule has 0 aromatic heterocycles. The lowest BCUT2D eigenvalue weighted by Gasteiger charge is -2.07. The molecule has 168 valence electrons. The number of hydrogen-bond acceptors (Lipinski definition) is 2. The van der Waals surface area contributed by atoms with Crippen molar-refractivity contribution in [2.24, 2.45) is 0 Å². The second-order valence-electron chi connectivity index (χ2n) is 7.44. The van der Waals surface area contributed by atoms with Crippen LogP contribution in [0.15, 0.2) is 47.1 Å². The first-order valence-electron chi connectivity index (χ1n) is 11.5. The van der Waals surface area contributed by atoms with Gasteiger partial charge in [0.25, 0.3) is 0 Å². The topological polar surface area (TPSA) is 21.3 Å². The van der Waals surface area contributed by atoms with Crippen LogP contribution in [0.2, 0.25) is 0 Å². The predicted octanol–water partition coefficient (Wildman–Crippen LogP) is 7.84. The molecule has 0 spiro atoms. The van der Waals surface area contributed by atoms with Gasteiger partial charge in [-0.15, -0.1) is 0 Å². The molecule has 29 heavy (non-hydrogen) atoms. The van der Waals surface area contributed by atoms with Gasteiger partial charge in [-0.1, -0.05) is 74.7 Å². The molecule has 0 aliphatic carbocycles. The average Bonchev–Trinajstić information content (AvgIpc) is 3.26. The van der Waals surface area contributed by atoms with Gasteiger partial charge in [0.2, 0.25) is 0 Å². The van der Waals surface area contributed by atoms with Crippen LogP contribution in [0.25, 0.3) is 0 Å². The number of aryl methyl sites for hydroxylation is 1. The molecule has 0 amide bonds. The maximum atomic E-state index is 5.03. The number of methoxy groups -OCH3 is 1. The Morgan fingerprint density at radius 2 is 1.62 bits per heavy atom. The third-order valence-corrected chi connectivity index (χ3v) is 4.51. The van der Waals surface area contributed by atoms with Crippen LogP contribution in [0.3, 0.4) is 0 Å². The number of ether oxygens (including phenoxy) is 1. The van der Waals surface area contributed by atoms with Gasteiger partial charge in [0.1, 0.15) is 0 Å². The van der Waals surface area contributed by atoms with E-state index in [0.29, 0.717) is 0 Å². The van der Waals surface area contributed by atoms with Crippen molar-refractivity contribution in [3.05, 3.63) is 58.2 Å². The third kappa shape index (κ3) is 15.2. The van der Waals surface area contributed by atoms with Gasteiger partial charge in [0.05, 0.1) is 0 Å². The maximum absolute atomic E-state index is 5.03. The fraction of sp³-hybridized carbons (Fsp3) is 0.630. The quantitative estimate of drug-likeness (QED) is 0.386. The van der Waals surface area contributed by atoms with Crippen LogP contribution in [0.1, 0.15) is 91.7 Å². The summed E-state index contributed by atoms with van der Waals surface area (Å²) in [6.45, 7) is 21.9. The van der Waals surface area contributed by atoms with E-state index >= 15 is 0 Å². The molecule has 2 rings (SSSR count). The molecular weight excluding hydrogens is 354 g/mol. The van der Waals surface area contributed by atoms with Gasteiger partial charge in [0, 0.05) is 20.3 Å². The van der Waals surface area contributed by atoms with E-state index in [4.69, 9.17) is 4.74 Å². The summed E-state index contributed by atoms with van der Waals surface area (Å²) in [5.74, 6) is 0.755. The third-order valence-electron chi connectivity index (χ3n) is 4.51. The number of rotatable bonds is 6. The van der Waals surface area contributed by atoms with Crippen LogP contribution in [0.5, 0.6) is 0 Å². The molecule has 1 aliphatic heterocycles. The van der Waals surface area contributed by atoms with E-state index in [1.54, 1.807) is 7.11 Å². The molecule has 2 nitrogen and oxygen atoms in total. The molecule has 1 aromatic carbocycles. The number of benzene rings is 1. The minimum absolute atomic E-state index is 0.755. The molecule has 1 fully saturated rings. The highest BCUT2D eigenvalue weighted by Crippen LogP contribution is 2.22. The molecule has 1 heterocycles. The zero-order chi connectivity index (χ0) is 22.7. The fourth-order valence-electron chi connectivity index (χ4n) is 3.00. The number of hydrogen-bond donors (Lipinski definition) is 1. The summed E-state index contributed by atoms with van der Waals surface area (Å²) >= 11 is 0. The fourth-order valence-corrected chi connectivity index (χ4v) is 3.00. The number of nitrogens with one attached hydrogen (secondary N) is 1. The lowest BCUT2D eigenvalue weighted by Crippen LogP contribution is -2.07. The average molecular weight is 404 g/mol. The molecule has 1 saturated heterocycles. The Bertz CT molecular complexity index is 540. The SMILES string of the molecule is CC.CC.COCCCC(C=C(C)C)=C(C)C.Cc1ccc(C2CCNC2)cc1. The van der Waals surface area contributed by atoms with Crippen LogP contribution >= 0.6 is 0 Å². The Morgan fingerprint density at radius 3 is 2.03 bits per heavy atom. The summed E-state index contributed by atoms with van der Waals surface area (Å²) in [4.78, 5) is 0. The van der Waals surface area contributed by atoms with E-state index in [9.17, 15) is 0 Å². The first-order chi connectivity index (χ1) is 13.9. The molecule has 0 radical (unpaired) electrons. The van der Waals surface area contributed by atoms with Crippen LogP contribution in [-0.2, 0) is 4.74 Å². The van der Waals surface area contributed by atoms with E-state index in [1.807, 2.05) is 27.7 Å². The summed E-state index contributed by atoms with van der Waals surface area (Å²) in [5, 5.41) is 3.39. The lowest BCUT2D eigenvalue weighted by molar-refractivity contribution is 0.195. The summed E-state index contributed by atoms with van der Waals surface area (Å²) in [7, 11) is 1.75. The van der Waals surface area contributed by atoms with Crippen molar-refractivity contribution >= 4 is 0 Å². The van der Waals surface area contributed by atoms with E-state index in [1.165, 1.54) is 40.8 Å². The van der Waals surface area contributed by atoms with Crippen LogP contribution in [0, 0.1) is 6.92 Å². The van der Waals surface area contributed by atoms with Gasteiger partial charge in [-0.05, 0) is 77.5 Å². The minimum Gasteiger partial charge on any atom is -0.385 e. The monoisotopic (exact) mass is 403 g/mol. The molecule has 2 heteroatoms. The Hall–Kier alpha value is -1.38. The highest BCUT2D eigenvalue weighted by atomic mass is 16.5. The zero-order valence-corrected chi connectivity index (χ0v) is 21.1. The van der Waals surface area contributed by atoms with E-state index in [0.717, 1.165) is 31.9 Å². The van der Waals surface area contributed by atoms with Crippen molar-refractivity contribution in [1.29, 1.82) is 0 Å². The van der Waals surface area contributed by atoms with Gasteiger partial charge in [0.15, 0.2) is 0 Å². The first-order valence-corrected chi connectivity index (χ1v) is 11.5. The van der Waals surface area contributed by atoms with Gasteiger partial charge in [-0.2, -0.15) is 0 Å². The summed E-state index contributed by atoms with van der Waals surface area (Å²) in [5.41, 5.74) is 7.08. The number of allylic oxidation sites excluding steroid dienone is 4. The van der Waals surface area contributed by atoms with Crippen molar-refractivity contribution in [3.8, 4) is 0 Å². The first kappa shape index (κ1) is 29.8. The molecule has 1 unspecified atom stereocenters. The van der Waals surface area contributed by atoms with Crippen molar-refractivity contribution in [1.82, 2.24) is 5.32 Å². The van der Waals surface area contributed by atoms with Crippen molar-refractivity contribution < 1.29 is 4.74 Å². The largest absolute Gasteiger partial charge is 0.385 e. The molecule has 1 aliphatic rings. The second kappa shape index (κ2) is 19.9. The van der Waals surface area contributed by atoms with E-state index < -0.39 is 0 Å².